The van der Waals surface area contributed by atoms with E-state index in [4.69, 9.17) is 0 Å². The Morgan fingerprint density at radius 2 is 2.23 bits per heavy atom. The fourth-order valence-corrected chi connectivity index (χ4v) is 1.13. The van der Waals surface area contributed by atoms with Crippen molar-refractivity contribution in [2.45, 2.75) is 13.3 Å². The van der Waals surface area contributed by atoms with Gasteiger partial charge in [-0.05, 0) is 18.1 Å². The quantitative estimate of drug-likeness (QED) is 0.687. The molecule has 0 aliphatic rings. The molecular weight excluding hydrogens is 164 g/mol. The predicted octanol–water partition coefficient (Wildman–Crippen LogP) is 1.22. The van der Waals surface area contributed by atoms with Crippen molar-refractivity contribution in [3.63, 3.8) is 0 Å². The number of aromatic nitrogens is 4. The summed E-state index contributed by atoms with van der Waals surface area (Å²) in [5.41, 5.74) is 2.16. The summed E-state index contributed by atoms with van der Waals surface area (Å²) >= 11 is 0. The zero-order chi connectivity index (χ0) is 9.10. The Hall–Kier alpha value is -1.71. The molecule has 2 aromatic heterocycles. The monoisotopic (exact) mass is 174 g/mol. The molecule has 13 heavy (non-hydrogen) atoms. The van der Waals surface area contributed by atoms with Crippen molar-refractivity contribution in [3.05, 3.63) is 36.7 Å². The summed E-state index contributed by atoms with van der Waals surface area (Å²) in [5.74, 6) is 0. The van der Waals surface area contributed by atoms with E-state index in [2.05, 4.69) is 28.1 Å². The molecule has 0 unspecified atom stereocenters. The minimum atomic E-state index is 0.955. The largest absolute Gasteiger partial charge is 0.262 e. The molecule has 0 amide bonds. The maximum Gasteiger partial charge on any atom is 0.138 e. The molecular formula is C9H10N4. The molecule has 0 saturated carbocycles. The summed E-state index contributed by atoms with van der Waals surface area (Å²) in [6, 6.07) is 2.06. The topological polar surface area (TPSA) is 43.6 Å². The van der Waals surface area contributed by atoms with Gasteiger partial charge in [0.05, 0.1) is 11.9 Å². The molecule has 0 radical (unpaired) electrons. The summed E-state index contributed by atoms with van der Waals surface area (Å²) < 4.78 is 1.70. The third-order valence-electron chi connectivity index (χ3n) is 1.87. The number of rotatable bonds is 2. The first-order chi connectivity index (χ1) is 6.40. The first-order valence-corrected chi connectivity index (χ1v) is 4.19. The maximum atomic E-state index is 4.12. The van der Waals surface area contributed by atoms with Crippen LogP contribution in [-0.2, 0) is 6.42 Å². The molecule has 2 rings (SSSR count). The van der Waals surface area contributed by atoms with Crippen molar-refractivity contribution in [1.82, 2.24) is 19.7 Å². The maximum absolute atomic E-state index is 4.12. The molecule has 4 heteroatoms. The standard InChI is InChI=1S/C9H10N4/c1-2-8-3-9(5-10-4-8)13-7-11-6-12-13/h3-7H,2H2,1H3. The Kier molecular flexibility index (Phi) is 2.04. The Morgan fingerprint density at radius 3 is 2.92 bits per heavy atom. The lowest BCUT2D eigenvalue weighted by Gasteiger charge is -2.01. The van der Waals surface area contributed by atoms with Gasteiger partial charge in [0.2, 0.25) is 0 Å². The fraction of sp³-hybridized carbons (Fsp3) is 0.222. The van der Waals surface area contributed by atoms with Gasteiger partial charge in [-0.15, -0.1) is 0 Å². The molecule has 0 atom stereocenters. The van der Waals surface area contributed by atoms with Crippen LogP contribution in [-0.4, -0.2) is 19.7 Å². The van der Waals surface area contributed by atoms with Gasteiger partial charge in [0.25, 0.3) is 0 Å². The fourth-order valence-electron chi connectivity index (χ4n) is 1.13. The van der Waals surface area contributed by atoms with E-state index in [-0.39, 0.29) is 0 Å². The van der Waals surface area contributed by atoms with Gasteiger partial charge in [-0.1, -0.05) is 6.92 Å². The van der Waals surface area contributed by atoms with Gasteiger partial charge >= 0.3 is 0 Å². The summed E-state index contributed by atoms with van der Waals surface area (Å²) in [5, 5.41) is 4.03. The third kappa shape index (κ3) is 1.56. The van der Waals surface area contributed by atoms with Gasteiger partial charge in [-0.25, -0.2) is 9.67 Å². The van der Waals surface area contributed by atoms with E-state index in [0.717, 1.165) is 12.1 Å². The molecule has 0 aliphatic heterocycles. The van der Waals surface area contributed by atoms with Gasteiger partial charge in [0.1, 0.15) is 12.7 Å². The molecule has 2 aromatic rings. The highest BCUT2D eigenvalue weighted by Gasteiger charge is 1.97. The number of hydrogen-bond donors (Lipinski definition) is 0. The molecule has 0 N–H and O–H groups in total. The van der Waals surface area contributed by atoms with Crippen LogP contribution in [0, 0.1) is 0 Å². The van der Waals surface area contributed by atoms with Crippen LogP contribution in [0.1, 0.15) is 12.5 Å². The molecule has 0 aromatic carbocycles. The van der Waals surface area contributed by atoms with E-state index in [0.29, 0.717) is 0 Å². The van der Waals surface area contributed by atoms with E-state index in [1.54, 1.807) is 17.2 Å². The van der Waals surface area contributed by atoms with Crippen LogP contribution in [0.2, 0.25) is 0 Å². The summed E-state index contributed by atoms with van der Waals surface area (Å²) in [7, 11) is 0. The molecule has 0 aliphatic carbocycles. The third-order valence-corrected chi connectivity index (χ3v) is 1.87. The molecule has 66 valence electrons. The lowest BCUT2D eigenvalue weighted by molar-refractivity contribution is 0.867. The van der Waals surface area contributed by atoms with Crippen molar-refractivity contribution in [2.24, 2.45) is 0 Å². The first kappa shape index (κ1) is 7.91. The Morgan fingerprint density at radius 1 is 1.31 bits per heavy atom. The Labute approximate surface area is 76.3 Å². The normalized spacial score (nSPS) is 10.2. The number of nitrogens with zero attached hydrogens (tertiary/aromatic N) is 4. The number of aryl methyl sites for hydroxylation is 1. The Balaban J connectivity index is 2.41. The van der Waals surface area contributed by atoms with Gasteiger partial charge < -0.3 is 0 Å². The SMILES string of the molecule is CCc1cncc(-n2cncn2)c1. The average molecular weight is 174 g/mol. The lowest BCUT2D eigenvalue weighted by atomic mass is 10.2. The van der Waals surface area contributed by atoms with Gasteiger partial charge in [-0.3, -0.25) is 4.98 Å². The molecule has 4 nitrogen and oxygen atoms in total. The van der Waals surface area contributed by atoms with Crippen LogP contribution < -0.4 is 0 Å². The number of pyridine rings is 1. The summed E-state index contributed by atoms with van der Waals surface area (Å²) in [6.07, 6.45) is 7.79. The van der Waals surface area contributed by atoms with Crippen LogP contribution in [0.5, 0.6) is 0 Å². The predicted molar refractivity (Wildman–Crippen MR) is 48.5 cm³/mol. The van der Waals surface area contributed by atoms with Crippen LogP contribution in [0.25, 0.3) is 5.69 Å². The van der Waals surface area contributed by atoms with Gasteiger partial charge in [0.15, 0.2) is 0 Å². The smallest absolute Gasteiger partial charge is 0.138 e. The van der Waals surface area contributed by atoms with E-state index in [9.17, 15) is 0 Å². The minimum Gasteiger partial charge on any atom is -0.262 e. The van der Waals surface area contributed by atoms with Crippen LogP contribution >= 0.6 is 0 Å². The second kappa shape index (κ2) is 3.35. The van der Waals surface area contributed by atoms with Crippen molar-refractivity contribution < 1.29 is 0 Å². The minimum absolute atomic E-state index is 0.955. The van der Waals surface area contributed by atoms with Crippen molar-refractivity contribution in [2.75, 3.05) is 0 Å². The van der Waals surface area contributed by atoms with E-state index >= 15 is 0 Å². The second-order valence-electron chi connectivity index (χ2n) is 2.74. The van der Waals surface area contributed by atoms with E-state index in [1.165, 1.54) is 11.9 Å². The molecule has 0 bridgehead atoms. The van der Waals surface area contributed by atoms with Crippen LogP contribution in [0.15, 0.2) is 31.1 Å². The first-order valence-electron chi connectivity index (χ1n) is 4.19. The van der Waals surface area contributed by atoms with Crippen LogP contribution in [0.4, 0.5) is 0 Å². The van der Waals surface area contributed by atoms with E-state index in [1.807, 2.05) is 6.20 Å². The lowest BCUT2D eigenvalue weighted by Crippen LogP contribution is -1.96. The molecule has 0 fully saturated rings. The molecule has 2 heterocycles. The molecule has 0 saturated heterocycles. The van der Waals surface area contributed by atoms with Gasteiger partial charge in [-0.2, -0.15) is 5.10 Å². The average Bonchev–Trinajstić information content (AvgIpc) is 2.71. The zero-order valence-corrected chi connectivity index (χ0v) is 7.38. The van der Waals surface area contributed by atoms with Gasteiger partial charge in [0, 0.05) is 6.20 Å². The highest BCUT2D eigenvalue weighted by atomic mass is 15.3. The Bertz CT molecular complexity index is 380. The summed E-state index contributed by atoms with van der Waals surface area (Å²) in [4.78, 5) is 8.00. The van der Waals surface area contributed by atoms with Crippen molar-refractivity contribution >= 4 is 0 Å². The highest BCUT2D eigenvalue weighted by molar-refractivity contribution is 5.30. The number of hydrogen-bond acceptors (Lipinski definition) is 3. The van der Waals surface area contributed by atoms with Crippen LogP contribution in [0.3, 0.4) is 0 Å². The highest BCUT2D eigenvalue weighted by Crippen LogP contribution is 2.06. The van der Waals surface area contributed by atoms with Crippen molar-refractivity contribution in [1.29, 1.82) is 0 Å². The zero-order valence-electron chi connectivity index (χ0n) is 7.38. The second-order valence-corrected chi connectivity index (χ2v) is 2.74. The molecule has 0 spiro atoms. The summed E-state index contributed by atoms with van der Waals surface area (Å²) in [6.45, 7) is 2.10. The van der Waals surface area contributed by atoms with E-state index < -0.39 is 0 Å². The van der Waals surface area contributed by atoms with Crippen molar-refractivity contribution in [3.8, 4) is 5.69 Å².